The predicted octanol–water partition coefficient (Wildman–Crippen LogP) is 4.33. The van der Waals surface area contributed by atoms with Crippen LogP contribution in [0.15, 0.2) is 64.8 Å². The van der Waals surface area contributed by atoms with Gasteiger partial charge < -0.3 is 10.2 Å². The smallest absolute Gasteiger partial charge is 0.171 e. The van der Waals surface area contributed by atoms with Crippen molar-refractivity contribution in [1.29, 1.82) is 0 Å². The van der Waals surface area contributed by atoms with Gasteiger partial charge >= 0.3 is 0 Å². The average Bonchev–Trinajstić information content (AvgIpc) is 2.59. The molecule has 1 atom stereocenters. The minimum absolute atomic E-state index is 0.0531. The quantitative estimate of drug-likeness (QED) is 0.693. The number of nitrogens with zero attached hydrogens (tertiary/aromatic N) is 1. The summed E-state index contributed by atoms with van der Waals surface area (Å²) in [6, 6.07) is 11.2. The molecule has 3 heteroatoms. The Bertz CT molecular complexity index is 695. The maximum Gasteiger partial charge on any atom is 0.171 e. The first-order chi connectivity index (χ1) is 11.9. The summed E-state index contributed by atoms with van der Waals surface area (Å²) < 4.78 is 0. The average molecular weight is 339 g/mol. The SMILES string of the molecule is CC(C)N(CC[C@@H](C1=CC(CO)=C=C=C1O)c1ccccc1)C(C)C. The molecule has 0 saturated carbocycles. The van der Waals surface area contributed by atoms with E-state index in [1.165, 1.54) is 0 Å². The highest BCUT2D eigenvalue weighted by Crippen LogP contribution is 2.33. The molecule has 134 valence electrons. The van der Waals surface area contributed by atoms with Gasteiger partial charge in [0, 0.05) is 29.1 Å². The summed E-state index contributed by atoms with van der Waals surface area (Å²) >= 11 is 0. The Morgan fingerprint density at radius 2 is 1.64 bits per heavy atom. The lowest BCUT2D eigenvalue weighted by Gasteiger charge is -2.32. The van der Waals surface area contributed by atoms with E-state index in [4.69, 9.17) is 0 Å². The van der Waals surface area contributed by atoms with Crippen LogP contribution in [0.25, 0.3) is 0 Å². The molecule has 1 aliphatic carbocycles. The van der Waals surface area contributed by atoms with E-state index >= 15 is 0 Å². The summed E-state index contributed by atoms with van der Waals surface area (Å²) in [5, 5.41) is 19.8. The lowest BCUT2D eigenvalue weighted by molar-refractivity contribution is 0.170. The fourth-order valence-corrected chi connectivity index (χ4v) is 3.43. The molecule has 0 unspecified atom stereocenters. The van der Waals surface area contributed by atoms with E-state index in [0.29, 0.717) is 17.7 Å². The van der Waals surface area contributed by atoms with Crippen LogP contribution in [0, 0.1) is 0 Å². The lowest BCUT2D eigenvalue weighted by atomic mass is 9.85. The highest BCUT2D eigenvalue weighted by atomic mass is 16.3. The number of benzene rings is 1. The van der Waals surface area contributed by atoms with Gasteiger partial charge in [-0.3, -0.25) is 4.90 Å². The number of allylic oxidation sites excluding steroid dienone is 1. The van der Waals surface area contributed by atoms with Crippen molar-refractivity contribution < 1.29 is 10.2 Å². The molecule has 0 radical (unpaired) electrons. The molecule has 0 aromatic heterocycles. The normalized spacial score (nSPS) is 15.4. The first-order valence-corrected chi connectivity index (χ1v) is 9.01. The summed E-state index contributed by atoms with van der Waals surface area (Å²) in [7, 11) is 0. The van der Waals surface area contributed by atoms with Crippen LogP contribution in [-0.2, 0) is 0 Å². The van der Waals surface area contributed by atoms with E-state index in [2.05, 4.69) is 56.2 Å². The Hall–Kier alpha value is -2.02. The molecular weight excluding hydrogens is 310 g/mol. The third kappa shape index (κ3) is 4.98. The zero-order valence-electron chi connectivity index (χ0n) is 15.7. The van der Waals surface area contributed by atoms with Crippen LogP contribution in [0.2, 0.25) is 0 Å². The molecular formula is C22H29NO2. The molecule has 0 spiro atoms. The standard InChI is InChI=1S/C22H29NO2/c1-16(2)23(17(3)4)13-12-20(19-8-6-5-7-9-19)21-14-18(15-24)10-11-22(21)25/h5-9,14,16-17,20,24-25H,12-13,15H2,1-4H3/t20-/m1/s1. The van der Waals surface area contributed by atoms with E-state index in [1.807, 2.05) is 24.3 Å². The molecule has 1 aromatic carbocycles. The Labute approximate surface area is 151 Å². The van der Waals surface area contributed by atoms with E-state index in [0.717, 1.165) is 24.1 Å². The fourth-order valence-electron chi connectivity index (χ4n) is 3.43. The van der Waals surface area contributed by atoms with Crippen molar-refractivity contribution in [2.24, 2.45) is 0 Å². The van der Waals surface area contributed by atoms with Gasteiger partial charge in [-0.05, 0) is 58.0 Å². The highest BCUT2D eigenvalue weighted by Gasteiger charge is 2.23. The number of hydrogen-bond acceptors (Lipinski definition) is 3. The van der Waals surface area contributed by atoms with Crippen molar-refractivity contribution >= 4 is 0 Å². The van der Waals surface area contributed by atoms with Crippen molar-refractivity contribution in [2.75, 3.05) is 13.2 Å². The van der Waals surface area contributed by atoms with Gasteiger partial charge in [-0.15, -0.1) is 0 Å². The third-order valence-electron chi connectivity index (χ3n) is 4.69. The molecule has 3 nitrogen and oxygen atoms in total. The zero-order chi connectivity index (χ0) is 18.4. The summed E-state index contributed by atoms with van der Waals surface area (Å²) in [6.07, 6.45) is 2.73. The maximum absolute atomic E-state index is 10.4. The Morgan fingerprint density at radius 3 is 2.20 bits per heavy atom. The van der Waals surface area contributed by atoms with Crippen LogP contribution >= 0.6 is 0 Å². The predicted molar refractivity (Wildman–Crippen MR) is 103 cm³/mol. The van der Waals surface area contributed by atoms with Gasteiger partial charge in [0.25, 0.3) is 0 Å². The highest BCUT2D eigenvalue weighted by molar-refractivity contribution is 5.44. The summed E-state index contributed by atoms with van der Waals surface area (Å²) in [5.41, 5.74) is 8.18. The van der Waals surface area contributed by atoms with Crippen molar-refractivity contribution in [3.63, 3.8) is 0 Å². The third-order valence-corrected chi connectivity index (χ3v) is 4.69. The first-order valence-electron chi connectivity index (χ1n) is 9.01. The largest absolute Gasteiger partial charge is 0.500 e. The van der Waals surface area contributed by atoms with Gasteiger partial charge in [0.05, 0.1) is 6.61 Å². The monoisotopic (exact) mass is 339 g/mol. The fraction of sp³-hybridized carbons (Fsp3) is 0.455. The molecule has 1 aliphatic rings. The topological polar surface area (TPSA) is 43.7 Å². The lowest BCUT2D eigenvalue weighted by Crippen LogP contribution is -2.38. The molecule has 25 heavy (non-hydrogen) atoms. The van der Waals surface area contributed by atoms with Gasteiger partial charge in [0.1, 0.15) is 0 Å². The van der Waals surface area contributed by atoms with Crippen molar-refractivity contribution in [3.05, 3.63) is 70.3 Å². The number of hydrogen-bond donors (Lipinski definition) is 2. The Kier molecular flexibility index (Phi) is 6.87. The molecule has 0 aliphatic heterocycles. The molecule has 0 bridgehead atoms. The summed E-state index contributed by atoms with van der Waals surface area (Å²) in [5.74, 6) is 0.170. The first kappa shape index (κ1) is 19.3. The molecule has 2 rings (SSSR count). The summed E-state index contributed by atoms with van der Waals surface area (Å²) in [6.45, 7) is 9.68. The zero-order valence-corrected chi connectivity index (χ0v) is 15.7. The van der Waals surface area contributed by atoms with Crippen molar-refractivity contribution in [2.45, 2.75) is 52.1 Å². The van der Waals surface area contributed by atoms with Crippen LogP contribution in [0.1, 0.15) is 45.6 Å². The molecule has 0 amide bonds. The number of rotatable bonds is 8. The Balaban J connectivity index is 2.32. The van der Waals surface area contributed by atoms with Crippen LogP contribution in [0.3, 0.4) is 0 Å². The van der Waals surface area contributed by atoms with E-state index in [9.17, 15) is 10.2 Å². The molecule has 0 heterocycles. The van der Waals surface area contributed by atoms with Crippen LogP contribution < -0.4 is 0 Å². The second-order valence-electron chi connectivity index (χ2n) is 7.06. The molecule has 0 saturated heterocycles. The van der Waals surface area contributed by atoms with E-state index in [-0.39, 0.29) is 18.3 Å². The van der Waals surface area contributed by atoms with Gasteiger partial charge in [-0.1, -0.05) is 36.1 Å². The molecule has 2 N–H and O–H groups in total. The van der Waals surface area contributed by atoms with Gasteiger partial charge in [-0.25, -0.2) is 0 Å². The number of aliphatic hydroxyl groups is 2. The minimum Gasteiger partial charge on any atom is -0.500 e. The van der Waals surface area contributed by atoms with Gasteiger partial charge in [0.2, 0.25) is 0 Å². The minimum atomic E-state index is -0.102. The summed E-state index contributed by atoms with van der Waals surface area (Å²) in [4.78, 5) is 2.46. The molecule has 0 fully saturated rings. The van der Waals surface area contributed by atoms with Crippen molar-refractivity contribution in [1.82, 2.24) is 4.90 Å². The number of aliphatic hydroxyl groups excluding tert-OH is 2. The maximum atomic E-state index is 10.4. The van der Waals surface area contributed by atoms with Crippen LogP contribution in [-0.4, -0.2) is 40.3 Å². The molecule has 1 aromatic rings. The van der Waals surface area contributed by atoms with Crippen molar-refractivity contribution in [3.8, 4) is 0 Å². The van der Waals surface area contributed by atoms with Crippen LogP contribution in [0.4, 0.5) is 0 Å². The van der Waals surface area contributed by atoms with Gasteiger partial charge in [0.15, 0.2) is 5.76 Å². The van der Waals surface area contributed by atoms with E-state index < -0.39 is 0 Å². The Morgan fingerprint density at radius 1 is 1.00 bits per heavy atom. The second-order valence-corrected chi connectivity index (χ2v) is 7.06. The second kappa shape index (κ2) is 8.89. The van der Waals surface area contributed by atoms with E-state index in [1.54, 1.807) is 0 Å². The van der Waals surface area contributed by atoms with Crippen LogP contribution in [0.5, 0.6) is 0 Å². The van der Waals surface area contributed by atoms with Gasteiger partial charge in [-0.2, -0.15) is 0 Å².